The number of rotatable bonds is 6. The van der Waals surface area contributed by atoms with Gasteiger partial charge >= 0.3 is 0 Å². The molecule has 1 heterocycles. The van der Waals surface area contributed by atoms with Gasteiger partial charge < -0.3 is 9.32 Å². The zero-order valence-electron chi connectivity index (χ0n) is 38.7. The molecule has 0 N–H and O–H groups in total. The summed E-state index contributed by atoms with van der Waals surface area (Å²) in [6, 6.07) is 96.1. The first-order valence-electron chi connectivity index (χ1n) is 24.6. The van der Waals surface area contributed by atoms with Crippen molar-refractivity contribution in [1.82, 2.24) is 0 Å². The van der Waals surface area contributed by atoms with Crippen LogP contribution < -0.4 is 4.90 Å². The van der Waals surface area contributed by atoms with E-state index in [1.165, 1.54) is 82.7 Å². The van der Waals surface area contributed by atoms with Crippen molar-refractivity contribution in [2.45, 2.75) is 5.41 Å². The van der Waals surface area contributed by atoms with E-state index in [9.17, 15) is 0 Å². The van der Waals surface area contributed by atoms with Crippen LogP contribution >= 0.6 is 0 Å². The maximum absolute atomic E-state index is 6.95. The van der Waals surface area contributed by atoms with Crippen LogP contribution in [0.4, 0.5) is 17.1 Å². The monoisotopic (exact) mass is 901 g/mol. The summed E-state index contributed by atoms with van der Waals surface area (Å²) in [5.74, 6) is 0. The summed E-state index contributed by atoms with van der Waals surface area (Å²) in [6.45, 7) is 0. The van der Waals surface area contributed by atoms with Gasteiger partial charge in [0.1, 0.15) is 11.2 Å². The Bertz CT molecular complexity index is 4260. The van der Waals surface area contributed by atoms with E-state index in [1.54, 1.807) is 0 Å². The Morgan fingerprint density at radius 3 is 1.55 bits per heavy atom. The van der Waals surface area contributed by atoms with Gasteiger partial charge in [-0.25, -0.2) is 0 Å². The summed E-state index contributed by atoms with van der Waals surface area (Å²) < 4.78 is 6.95. The average molecular weight is 902 g/mol. The second kappa shape index (κ2) is 15.4. The quantitative estimate of drug-likeness (QED) is 0.165. The molecule has 12 aromatic carbocycles. The fourth-order valence-electron chi connectivity index (χ4n) is 12.4. The van der Waals surface area contributed by atoms with Crippen LogP contribution in [0, 0.1) is 0 Å². The number of fused-ring (bicyclic) bond motifs is 15. The van der Waals surface area contributed by atoms with E-state index in [2.05, 4.69) is 266 Å². The van der Waals surface area contributed by atoms with Gasteiger partial charge in [0.2, 0.25) is 0 Å². The fraction of sp³-hybridized carbons (Fsp3) is 0.0145. The fourth-order valence-corrected chi connectivity index (χ4v) is 12.4. The van der Waals surface area contributed by atoms with Gasteiger partial charge in [-0.15, -0.1) is 0 Å². The number of anilines is 3. The van der Waals surface area contributed by atoms with Crippen LogP contribution in [0.3, 0.4) is 0 Å². The highest BCUT2D eigenvalue weighted by Crippen LogP contribution is 2.65. The first kappa shape index (κ1) is 39.7. The minimum absolute atomic E-state index is 0.483. The third-order valence-corrected chi connectivity index (χ3v) is 15.4. The highest BCUT2D eigenvalue weighted by molar-refractivity contribution is 6.14. The molecule has 0 radical (unpaired) electrons. The Hall–Kier alpha value is -9.24. The molecule has 0 aliphatic heterocycles. The van der Waals surface area contributed by atoms with E-state index in [1.807, 2.05) is 0 Å². The van der Waals surface area contributed by atoms with E-state index < -0.39 is 5.41 Å². The molecular weight excluding hydrogens is 859 g/mol. The molecule has 2 aliphatic carbocycles. The summed E-state index contributed by atoms with van der Waals surface area (Å²) in [5.41, 5.74) is 21.8. The van der Waals surface area contributed by atoms with Gasteiger partial charge in [-0.3, -0.25) is 0 Å². The van der Waals surface area contributed by atoms with Gasteiger partial charge in [0.05, 0.1) is 16.8 Å². The molecule has 15 rings (SSSR count). The van der Waals surface area contributed by atoms with Gasteiger partial charge in [0.25, 0.3) is 0 Å². The predicted molar refractivity (Wildman–Crippen MR) is 296 cm³/mol. The molecule has 1 spiro atoms. The number of nitrogens with zero attached hydrogens (tertiary/aromatic N) is 1. The third-order valence-electron chi connectivity index (χ3n) is 15.4. The molecule has 0 fully saturated rings. The largest absolute Gasteiger partial charge is 0.455 e. The lowest BCUT2D eigenvalue weighted by Crippen LogP contribution is -2.26. The van der Waals surface area contributed by atoms with E-state index in [0.29, 0.717) is 0 Å². The van der Waals surface area contributed by atoms with Crippen LogP contribution in [0.15, 0.2) is 265 Å². The molecule has 330 valence electrons. The maximum Gasteiger partial charge on any atom is 0.143 e. The Labute approximate surface area is 412 Å². The molecule has 71 heavy (non-hydrogen) atoms. The summed E-state index contributed by atoms with van der Waals surface area (Å²) in [4.78, 5) is 2.50. The van der Waals surface area contributed by atoms with Crippen molar-refractivity contribution in [2.75, 3.05) is 4.90 Å². The number of benzene rings is 12. The minimum Gasteiger partial charge on any atom is -0.455 e. The topological polar surface area (TPSA) is 16.4 Å². The van der Waals surface area contributed by atoms with Crippen molar-refractivity contribution in [1.29, 1.82) is 0 Å². The average Bonchev–Trinajstić information content (AvgIpc) is 4.08. The minimum atomic E-state index is -0.483. The molecule has 2 heteroatoms. The van der Waals surface area contributed by atoms with Crippen molar-refractivity contribution in [3.8, 4) is 55.6 Å². The lowest BCUT2D eigenvalue weighted by molar-refractivity contribution is 0.670. The van der Waals surface area contributed by atoms with Crippen molar-refractivity contribution < 1.29 is 4.42 Å². The standard InChI is InChI=1S/C69H43NO/c1-2-17-46-41-51(35-34-44(46)16-1)48-21-13-20-47(40-48)45-36-38-52(39-37-45)70(64-32-12-8-24-55(64)56-26-14-27-57-59-42-49-18-3-4-19-50(49)43-66(59)71-68(56)57)65-33-15-31-63-67(65)58-25-7-11-30-62(58)69(63)60-28-9-5-22-53(60)54-23-6-10-29-61(54)69/h1-43H. The first-order chi connectivity index (χ1) is 35.2. The van der Waals surface area contributed by atoms with Crippen molar-refractivity contribution in [2.24, 2.45) is 0 Å². The van der Waals surface area contributed by atoms with Crippen molar-refractivity contribution >= 4 is 60.5 Å². The summed E-state index contributed by atoms with van der Waals surface area (Å²) >= 11 is 0. The van der Waals surface area contributed by atoms with Crippen LogP contribution in [0.25, 0.3) is 99.1 Å². The molecule has 13 aromatic rings. The Morgan fingerprint density at radius 1 is 0.296 bits per heavy atom. The van der Waals surface area contributed by atoms with E-state index in [0.717, 1.165) is 55.7 Å². The predicted octanol–water partition coefficient (Wildman–Crippen LogP) is 18.7. The smallest absolute Gasteiger partial charge is 0.143 e. The van der Waals surface area contributed by atoms with Crippen LogP contribution in [0.1, 0.15) is 22.3 Å². The first-order valence-corrected chi connectivity index (χ1v) is 24.6. The number of para-hydroxylation sites is 2. The molecule has 0 saturated heterocycles. The highest BCUT2D eigenvalue weighted by atomic mass is 16.3. The van der Waals surface area contributed by atoms with Gasteiger partial charge in [-0.2, -0.15) is 0 Å². The molecule has 0 unspecified atom stereocenters. The SMILES string of the molecule is c1cc(-c2ccc(N(c3ccccc3-c3cccc4c3oc3cc5ccccc5cc34)c3cccc4c3-c3ccccc3C43c4ccccc4-c4ccccc43)cc2)cc(-c2ccc3ccccc3c2)c1. The van der Waals surface area contributed by atoms with Gasteiger partial charge in [0, 0.05) is 33.2 Å². The molecule has 0 amide bonds. The molecule has 2 nitrogen and oxygen atoms in total. The van der Waals surface area contributed by atoms with Crippen molar-refractivity contribution in [3.05, 3.63) is 283 Å². The van der Waals surface area contributed by atoms with Crippen LogP contribution in [-0.2, 0) is 5.41 Å². The molecular formula is C69H43NO. The normalized spacial score (nSPS) is 12.9. The van der Waals surface area contributed by atoms with Gasteiger partial charge in [0.15, 0.2) is 0 Å². The van der Waals surface area contributed by atoms with Crippen LogP contribution in [-0.4, -0.2) is 0 Å². The van der Waals surface area contributed by atoms with Gasteiger partial charge in [-0.05, 0) is 131 Å². The zero-order chi connectivity index (χ0) is 46.6. The summed E-state index contributed by atoms with van der Waals surface area (Å²) in [6.07, 6.45) is 0. The molecule has 2 aliphatic rings. The van der Waals surface area contributed by atoms with E-state index >= 15 is 0 Å². The summed E-state index contributed by atoms with van der Waals surface area (Å²) in [7, 11) is 0. The van der Waals surface area contributed by atoms with E-state index in [4.69, 9.17) is 4.42 Å². The van der Waals surface area contributed by atoms with E-state index in [-0.39, 0.29) is 0 Å². The molecule has 0 saturated carbocycles. The molecule has 1 aromatic heterocycles. The number of furan rings is 1. The van der Waals surface area contributed by atoms with Gasteiger partial charge in [-0.1, -0.05) is 212 Å². The Kier molecular flexibility index (Phi) is 8.61. The zero-order valence-corrected chi connectivity index (χ0v) is 38.7. The highest BCUT2D eigenvalue weighted by Gasteiger charge is 2.52. The van der Waals surface area contributed by atoms with Crippen LogP contribution in [0.2, 0.25) is 0 Å². The Balaban J connectivity index is 0.951. The lowest BCUT2D eigenvalue weighted by atomic mass is 9.70. The lowest BCUT2D eigenvalue weighted by Gasteiger charge is -2.32. The van der Waals surface area contributed by atoms with Crippen LogP contribution in [0.5, 0.6) is 0 Å². The molecule has 0 bridgehead atoms. The number of hydrogen-bond donors (Lipinski definition) is 0. The second-order valence-corrected chi connectivity index (χ2v) is 19.1. The summed E-state index contributed by atoms with van der Waals surface area (Å²) in [5, 5.41) is 7.08. The number of hydrogen-bond acceptors (Lipinski definition) is 2. The Morgan fingerprint density at radius 2 is 0.803 bits per heavy atom. The third kappa shape index (κ3) is 5.83. The molecule has 0 atom stereocenters. The maximum atomic E-state index is 6.95. The second-order valence-electron chi connectivity index (χ2n) is 19.1. The van der Waals surface area contributed by atoms with Crippen molar-refractivity contribution in [3.63, 3.8) is 0 Å².